The van der Waals surface area contributed by atoms with Gasteiger partial charge in [0.1, 0.15) is 5.82 Å². The number of nitrogens with one attached hydrogen (secondary N) is 2. The number of carbonyl (C=O) groups is 1. The number of imidazole rings is 1. The molecule has 1 aliphatic heterocycles. The number of anilines is 2. The monoisotopic (exact) mass is 448 g/mol. The van der Waals surface area contributed by atoms with Gasteiger partial charge < -0.3 is 15.2 Å². The van der Waals surface area contributed by atoms with Crippen LogP contribution in [-0.4, -0.2) is 32.0 Å². The van der Waals surface area contributed by atoms with Crippen LogP contribution in [0.1, 0.15) is 53.2 Å². The molecule has 7 nitrogen and oxygen atoms in total. The molecule has 34 heavy (non-hydrogen) atoms. The summed E-state index contributed by atoms with van der Waals surface area (Å²) >= 11 is 0. The average molecular weight is 449 g/mol. The Morgan fingerprint density at radius 1 is 1.03 bits per heavy atom. The highest BCUT2D eigenvalue weighted by Crippen LogP contribution is 2.51. The molecule has 0 bridgehead atoms. The van der Waals surface area contributed by atoms with Gasteiger partial charge in [-0.3, -0.25) is 4.79 Å². The predicted molar refractivity (Wildman–Crippen MR) is 130 cm³/mol. The third kappa shape index (κ3) is 3.36. The number of carbonyl (C=O) groups excluding carboxylic acids is 1. The lowest BCUT2D eigenvalue weighted by atomic mass is 9.87. The van der Waals surface area contributed by atoms with Crippen LogP contribution in [0.3, 0.4) is 0 Å². The van der Waals surface area contributed by atoms with Gasteiger partial charge in [-0.25, -0.2) is 15.0 Å². The van der Waals surface area contributed by atoms with E-state index in [1.165, 1.54) is 18.5 Å². The number of hydrogen-bond acceptors (Lipinski definition) is 5. The van der Waals surface area contributed by atoms with Crippen molar-refractivity contribution in [3.8, 4) is 17.1 Å². The molecule has 2 aliphatic carbocycles. The Bertz CT molecular complexity index is 1420. The molecule has 1 spiro atoms. The van der Waals surface area contributed by atoms with Crippen LogP contribution in [0.25, 0.3) is 17.1 Å². The van der Waals surface area contributed by atoms with Crippen LogP contribution in [0.4, 0.5) is 11.5 Å². The molecule has 7 rings (SSSR count). The quantitative estimate of drug-likeness (QED) is 0.461. The van der Waals surface area contributed by atoms with Crippen molar-refractivity contribution in [3.05, 3.63) is 84.1 Å². The Hall–Kier alpha value is -4.00. The third-order valence-electron chi connectivity index (χ3n) is 7.23. The van der Waals surface area contributed by atoms with Crippen molar-refractivity contribution in [1.82, 2.24) is 24.8 Å². The zero-order valence-corrected chi connectivity index (χ0v) is 18.7. The number of amides is 1. The van der Waals surface area contributed by atoms with Crippen LogP contribution in [0.2, 0.25) is 0 Å². The van der Waals surface area contributed by atoms with Crippen molar-refractivity contribution in [1.29, 1.82) is 0 Å². The summed E-state index contributed by atoms with van der Waals surface area (Å²) in [7, 11) is 0. The van der Waals surface area contributed by atoms with Crippen molar-refractivity contribution in [2.45, 2.75) is 37.0 Å². The lowest BCUT2D eigenvalue weighted by Crippen LogP contribution is -2.39. The van der Waals surface area contributed by atoms with Crippen LogP contribution in [0, 0.1) is 0 Å². The fourth-order valence-corrected chi connectivity index (χ4v) is 4.86. The van der Waals surface area contributed by atoms with Crippen LogP contribution >= 0.6 is 0 Å². The molecule has 0 atom stereocenters. The van der Waals surface area contributed by atoms with E-state index in [9.17, 15) is 4.79 Å². The number of rotatable bonds is 5. The van der Waals surface area contributed by atoms with Crippen LogP contribution in [-0.2, 0) is 5.41 Å². The second-order valence-corrected chi connectivity index (χ2v) is 9.64. The highest BCUT2D eigenvalue weighted by molar-refractivity contribution is 5.98. The Morgan fingerprint density at radius 2 is 1.88 bits per heavy atom. The largest absolute Gasteiger partial charge is 0.351 e. The highest BCUT2D eigenvalue weighted by Gasteiger charge is 2.48. The first-order valence-electron chi connectivity index (χ1n) is 11.8. The van der Waals surface area contributed by atoms with Gasteiger partial charge in [0, 0.05) is 52.8 Å². The molecule has 2 aromatic heterocycles. The minimum Gasteiger partial charge on any atom is -0.351 e. The van der Waals surface area contributed by atoms with Gasteiger partial charge in [0.25, 0.3) is 5.91 Å². The summed E-state index contributed by atoms with van der Waals surface area (Å²) in [6.45, 7) is 0.733. The minimum absolute atomic E-state index is 0.0197. The summed E-state index contributed by atoms with van der Waals surface area (Å²) in [6, 6.07) is 16.1. The van der Waals surface area contributed by atoms with Crippen molar-refractivity contribution < 1.29 is 4.79 Å². The number of fused-ring (bicyclic) bond motifs is 2. The normalized spacial score (nSPS) is 17.8. The van der Waals surface area contributed by atoms with E-state index in [1.54, 1.807) is 6.20 Å². The van der Waals surface area contributed by atoms with Crippen molar-refractivity contribution in [3.63, 3.8) is 0 Å². The smallest absolute Gasteiger partial charge is 0.251 e. The van der Waals surface area contributed by atoms with Crippen molar-refractivity contribution >= 4 is 17.4 Å². The summed E-state index contributed by atoms with van der Waals surface area (Å²) in [5, 5.41) is 6.43. The molecular weight excluding hydrogens is 424 g/mol. The second-order valence-electron chi connectivity index (χ2n) is 9.64. The van der Waals surface area contributed by atoms with Gasteiger partial charge in [-0.1, -0.05) is 0 Å². The van der Waals surface area contributed by atoms with Gasteiger partial charge in [-0.2, -0.15) is 0 Å². The van der Waals surface area contributed by atoms with E-state index in [0.717, 1.165) is 53.3 Å². The molecule has 4 aromatic rings. The molecule has 7 heteroatoms. The van der Waals surface area contributed by atoms with E-state index in [0.29, 0.717) is 11.7 Å². The van der Waals surface area contributed by atoms with Gasteiger partial charge in [0.05, 0.1) is 12.0 Å². The summed E-state index contributed by atoms with van der Waals surface area (Å²) in [5.41, 5.74) is 6.20. The van der Waals surface area contributed by atoms with E-state index >= 15 is 0 Å². The van der Waals surface area contributed by atoms with Gasteiger partial charge in [0.15, 0.2) is 5.82 Å². The van der Waals surface area contributed by atoms with E-state index in [4.69, 9.17) is 4.98 Å². The zero-order valence-electron chi connectivity index (χ0n) is 18.7. The maximum absolute atomic E-state index is 12.3. The molecule has 1 amide bonds. The molecule has 0 unspecified atom stereocenters. The molecule has 3 heterocycles. The molecule has 2 aromatic carbocycles. The molecule has 0 saturated heterocycles. The minimum atomic E-state index is 0.0197. The average Bonchev–Trinajstić information content (AvgIpc) is 3.81. The lowest BCUT2D eigenvalue weighted by molar-refractivity contribution is 0.0937. The van der Waals surface area contributed by atoms with Crippen molar-refractivity contribution in [2.24, 2.45) is 0 Å². The molecule has 168 valence electrons. The Labute approximate surface area is 197 Å². The fourth-order valence-electron chi connectivity index (χ4n) is 4.86. The van der Waals surface area contributed by atoms with Crippen molar-refractivity contribution in [2.75, 3.05) is 11.9 Å². The fraction of sp³-hybridized carbons (Fsp3) is 0.259. The van der Waals surface area contributed by atoms with E-state index in [-0.39, 0.29) is 11.3 Å². The van der Waals surface area contributed by atoms with E-state index in [1.807, 2.05) is 36.7 Å². The van der Waals surface area contributed by atoms with Gasteiger partial charge >= 0.3 is 0 Å². The van der Waals surface area contributed by atoms with Gasteiger partial charge in [-0.05, 0) is 79.8 Å². The summed E-state index contributed by atoms with van der Waals surface area (Å²) in [5.74, 6) is 2.05. The molecular formula is C27H24N6O. The first-order valence-corrected chi connectivity index (χ1v) is 11.8. The third-order valence-corrected chi connectivity index (χ3v) is 7.23. The maximum Gasteiger partial charge on any atom is 0.251 e. The molecule has 2 saturated carbocycles. The van der Waals surface area contributed by atoms with Crippen LogP contribution in [0.5, 0.6) is 0 Å². The first kappa shape index (κ1) is 19.5. The number of aromatic nitrogens is 4. The topological polar surface area (TPSA) is 84.7 Å². The summed E-state index contributed by atoms with van der Waals surface area (Å²) < 4.78 is 2.07. The predicted octanol–water partition coefficient (Wildman–Crippen LogP) is 4.73. The van der Waals surface area contributed by atoms with Gasteiger partial charge in [0.2, 0.25) is 0 Å². The number of hydrogen-bond donors (Lipinski definition) is 2. The van der Waals surface area contributed by atoms with Gasteiger partial charge in [-0.15, -0.1) is 0 Å². The number of nitrogens with zero attached hydrogens (tertiary/aromatic N) is 4. The summed E-state index contributed by atoms with van der Waals surface area (Å²) in [6.07, 6.45) is 10.5. The summed E-state index contributed by atoms with van der Waals surface area (Å²) in [4.78, 5) is 26.0. The molecule has 2 fully saturated rings. The van der Waals surface area contributed by atoms with Crippen LogP contribution < -0.4 is 10.6 Å². The second kappa shape index (κ2) is 7.25. The Balaban J connectivity index is 1.13. The van der Waals surface area contributed by atoms with E-state index < -0.39 is 0 Å². The molecule has 3 aliphatic rings. The molecule has 2 N–H and O–H groups in total. The maximum atomic E-state index is 12.3. The van der Waals surface area contributed by atoms with E-state index in [2.05, 4.69) is 49.6 Å². The van der Waals surface area contributed by atoms with Crippen LogP contribution in [0.15, 0.2) is 67.3 Å². The molecule has 0 radical (unpaired) electrons. The number of benzene rings is 2. The Morgan fingerprint density at radius 3 is 2.68 bits per heavy atom. The first-order chi connectivity index (χ1) is 16.7. The Kier molecular flexibility index (Phi) is 4.15. The lowest BCUT2D eigenvalue weighted by Gasteiger charge is -2.26. The SMILES string of the molecule is O=C1NCC2(CC2)c2cc(Nc3ccnc(-c4ccc(-n5cnc(C6CC6)c5)cc4)n3)ccc21. The standard InChI is InChI=1S/C27H24N6O/c34-26-21-8-5-19(13-22(21)27(10-11-27)15-29-26)31-24-9-12-28-25(32-24)18-3-6-20(7-4-18)33-14-23(30-16-33)17-1-2-17/h3-9,12-14,16-17H,1-2,10-11,15H2,(H,29,34)(H,28,31,32). The highest BCUT2D eigenvalue weighted by atomic mass is 16.1. The zero-order chi connectivity index (χ0) is 22.7.